The fourth-order valence-electron chi connectivity index (χ4n) is 3.57. The van der Waals surface area contributed by atoms with Crippen LogP contribution in [0.25, 0.3) is 22.9 Å². The number of fused-ring (bicyclic) bond motifs is 1. The van der Waals surface area contributed by atoms with Crippen LogP contribution in [-0.4, -0.2) is 22.5 Å². The van der Waals surface area contributed by atoms with Crippen LogP contribution in [0.3, 0.4) is 0 Å². The van der Waals surface area contributed by atoms with Crippen molar-refractivity contribution in [3.8, 4) is 0 Å². The summed E-state index contributed by atoms with van der Waals surface area (Å²) in [4.78, 5) is 2.24. The molecule has 0 fully saturated rings. The van der Waals surface area contributed by atoms with E-state index in [1.807, 2.05) is 104 Å². The largest absolute Gasteiger partial charge is 0.377 e. The Bertz CT molecular complexity index is 1340. The molecular formula is C26H24N2O2S. The fraction of sp³-hybridized carbons (Fsp3) is 0.0769. The lowest BCUT2D eigenvalue weighted by Gasteiger charge is -2.17. The Balaban J connectivity index is 1.73. The molecule has 0 saturated heterocycles. The highest BCUT2D eigenvalue weighted by Gasteiger charge is 2.19. The minimum absolute atomic E-state index is 0.260. The lowest BCUT2D eigenvalue weighted by Crippen LogP contribution is -2.15. The van der Waals surface area contributed by atoms with Crippen LogP contribution in [0.1, 0.15) is 11.1 Å². The molecule has 0 unspecified atom stereocenters. The number of hydrogen-bond donors (Lipinski definition) is 1. The Morgan fingerprint density at radius 1 is 0.710 bits per heavy atom. The Morgan fingerprint density at radius 2 is 1.39 bits per heavy atom. The Hall–Kier alpha value is -3.57. The molecule has 1 N–H and O–H groups in total. The van der Waals surface area contributed by atoms with Gasteiger partial charge in [-0.3, -0.25) is 4.72 Å². The van der Waals surface area contributed by atoms with E-state index in [0.29, 0.717) is 11.1 Å². The molecule has 0 amide bonds. The van der Waals surface area contributed by atoms with Gasteiger partial charge in [0.1, 0.15) is 0 Å². The van der Waals surface area contributed by atoms with Crippen molar-refractivity contribution in [1.82, 2.24) is 0 Å². The number of nitrogens with zero attached hydrogens (tertiary/aromatic N) is 1. The van der Waals surface area contributed by atoms with Crippen molar-refractivity contribution >= 4 is 44.3 Å². The molecule has 0 bridgehead atoms. The number of nitrogens with one attached hydrogen (secondary N) is 1. The van der Waals surface area contributed by atoms with E-state index in [4.69, 9.17) is 0 Å². The van der Waals surface area contributed by atoms with Crippen LogP contribution in [-0.2, 0) is 10.0 Å². The minimum atomic E-state index is -3.79. The highest BCUT2D eigenvalue weighted by molar-refractivity contribution is 7.93. The summed E-state index contributed by atoms with van der Waals surface area (Å²) < 4.78 is 29.5. The smallest absolute Gasteiger partial charge is 0.262 e. The van der Waals surface area contributed by atoms with Crippen molar-refractivity contribution in [2.75, 3.05) is 23.7 Å². The van der Waals surface area contributed by atoms with E-state index >= 15 is 0 Å². The van der Waals surface area contributed by atoms with Crippen LogP contribution >= 0.6 is 0 Å². The highest BCUT2D eigenvalue weighted by atomic mass is 32.2. The van der Waals surface area contributed by atoms with Gasteiger partial charge in [-0.15, -0.1) is 0 Å². The van der Waals surface area contributed by atoms with Crippen molar-refractivity contribution in [3.63, 3.8) is 0 Å². The maximum absolute atomic E-state index is 13.4. The predicted molar refractivity (Wildman–Crippen MR) is 131 cm³/mol. The number of anilines is 2. The van der Waals surface area contributed by atoms with Gasteiger partial charge in [-0.2, -0.15) is 0 Å². The molecule has 0 aliphatic heterocycles. The Kier molecular flexibility index (Phi) is 5.78. The van der Waals surface area contributed by atoms with Crippen LogP contribution in [0, 0.1) is 0 Å². The van der Waals surface area contributed by atoms with Crippen LogP contribution in [0.15, 0.2) is 95.9 Å². The molecule has 0 saturated carbocycles. The molecule has 0 radical (unpaired) electrons. The Labute approximate surface area is 183 Å². The van der Waals surface area contributed by atoms with E-state index in [9.17, 15) is 8.42 Å². The first-order valence-electron chi connectivity index (χ1n) is 10.00. The number of hydrogen-bond acceptors (Lipinski definition) is 3. The molecule has 0 aliphatic rings. The molecule has 4 aromatic rings. The van der Waals surface area contributed by atoms with E-state index in [2.05, 4.69) is 4.72 Å². The van der Waals surface area contributed by atoms with Gasteiger partial charge < -0.3 is 4.90 Å². The lowest BCUT2D eigenvalue weighted by molar-refractivity contribution is 0.602. The van der Waals surface area contributed by atoms with E-state index < -0.39 is 10.0 Å². The average Bonchev–Trinajstić information content (AvgIpc) is 2.78. The summed E-state index contributed by atoms with van der Waals surface area (Å²) in [5.74, 6) is 0. The summed E-state index contributed by atoms with van der Waals surface area (Å²) >= 11 is 0. The van der Waals surface area contributed by atoms with Gasteiger partial charge in [0.05, 0.1) is 10.6 Å². The summed E-state index contributed by atoms with van der Waals surface area (Å²) in [6, 6.07) is 28.4. The monoisotopic (exact) mass is 428 g/mol. The first-order chi connectivity index (χ1) is 15.0. The number of sulfonamides is 1. The van der Waals surface area contributed by atoms with Crippen LogP contribution < -0.4 is 9.62 Å². The zero-order chi connectivity index (χ0) is 21.8. The molecule has 5 heteroatoms. The molecule has 4 nitrogen and oxygen atoms in total. The van der Waals surface area contributed by atoms with Crippen LogP contribution in [0.4, 0.5) is 11.4 Å². The van der Waals surface area contributed by atoms with Gasteiger partial charge in [0.2, 0.25) is 0 Å². The zero-order valence-electron chi connectivity index (χ0n) is 17.5. The quantitative estimate of drug-likeness (QED) is 0.390. The third-order valence-corrected chi connectivity index (χ3v) is 6.51. The second-order valence-electron chi connectivity index (χ2n) is 7.46. The minimum Gasteiger partial charge on any atom is -0.377 e. The molecule has 0 heterocycles. The molecule has 0 spiro atoms. The molecule has 4 aromatic carbocycles. The summed E-state index contributed by atoms with van der Waals surface area (Å²) in [6.45, 7) is 0. The zero-order valence-corrected chi connectivity index (χ0v) is 18.3. The van der Waals surface area contributed by atoms with E-state index in [-0.39, 0.29) is 4.90 Å². The first-order valence-corrected chi connectivity index (χ1v) is 11.5. The predicted octanol–water partition coefficient (Wildman–Crippen LogP) is 5.88. The summed E-state index contributed by atoms with van der Waals surface area (Å²) in [7, 11) is 0.106. The van der Waals surface area contributed by atoms with Crippen molar-refractivity contribution in [1.29, 1.82) is 0 Å². The number of para-hydroxylation sites is 1. The van der Waals surface area contributed by atoms with Gasteiger partial charge >= 0.3 is 0 Å². The van der Waals surface area contributed by atoms with Gasteiger partial charge in [0.25, 0.3) is 10.0 Å². The molecule has 156 valence electrons. The van der Waals surface area contributed by atoms with Gasteiger partial charge in [0.15, 0.2) is 0 Å². The van der Waals surface area contributed by atoms with Gasteiger partial charge in [0, 0.05) is 30.6 Å². The normalized spacial score (nSPS) is 11.7. The van der Waals surface area contributed by atoms with Crippen molar-refractivity contribution in [2.45, 2.75) is 4.90 Å². The van der Waals surface area contributed by atoms with Crippen LogP contribution in [0.2, 0.25) is 0 Å². The molecule has 4 rings (SSSR count). The van der Waals surface area contributed by atoms with Crippen molar-refractivity contribution < 1.29 is 8.42 Å². The maximum Gasteiger partial charge on any atom is 0.262 e. The van der Waals surface area contributed by atoms with E-state index in [1.165, 1.54) is 0 Å². The third kappa shape index (κ3) is 4.47. The summed E-state index contributed by atoms with van der Waals surface area (Å²) in [5, 5.41) is 1.59. The molecule has 0 atom stereocenters. The molecule has 0 aliphatic carbocycles. The summed E-state index contributed by atoms with van der Waals surface area (Å²) in [5.41, 5.74) is 3.35. The number of rotatable bonds is 6. The van der Waals surface area contributed by atoms with E-state index in [1.54, 1.807) is 18.2 Å². The summed E-state index contributed by atoms with van der Waals surface area (Å²) in [6.07, 6.45) is 3.88. The van der Waals surface area contributed by atoms with Crippen LogP contribution in [0.5, 0.6) is 0 Å². The average molecular weight is 429 g/mol. The number of benzene rings is 4. The van der Waals surface area contributed by atoms with Crippen molar-refractivity contribution in [3.05, 3.63) is 102 Å². The van der Waals surface area contributed by atoms with Gasteiger partial charge in [-0.1, -0.05) is 84.9 Å². The van der Waals surface area contributed by atoms with Crippen molar-refractivity contribution in [2.24, 2.45) is 0 Å². The van der Waals surface area contributed by atoms with Gasteiger partial charge in [-0.05, 0) is 29.3 Å². The molecular weight excluding hydrogens is 404 g/mol. The fourth-order valence-corrected chi connectivity index (χ4v) is 4.88. The van der Waals surface area contributed by atoms with E-state index in [0.717, 1.165) is 22.2 Å². The van der Waals surface area contributed by atoms with Gasteiger partial charge in [-0.25, -0.2) is 8.42 Å². The SMILES string of the molecule is CN(C)c1cccc2c(S(=O)(=O)Nc3ccccc3C=Cc3ccccc3)cccc12. The lowest BCUT2D eigenvalue weighted by atomic mass is 10.1. The first kappa shape index (κ1) is 20.7. The standard InChI is InChI=1S/C26H24N2O2S/c1-28(2)25-16-8-14-23-22(25)13-9-17-26(23)31(29,30)27-24-15-7-6-12-21(24)19-18-20-10-4-3-5-11-20/h3-19,27H,1-2H3. The maximum atomic E-state index is 13.4. The second kappa shape index (κ2) is 8.66. The molecule has 0 aromatic heterocycles. The third-order valence-electron chi connectivity index (χ3n) is 5.09. The molecule has 31 heavy (non-hydrogen) atoms. The topological polar surface area (TPSA) is 49.4 Å². The second-order valence-corrected chi connectivity index (χ2v) is 9.11. The highest BCUT2D eigenvalue weighted by Crippen LogP contribution is 2.31. The Morgan fingerprint density at radius 3 is 2.16 bits per heavy atom.